The van der Waals surface area contributed by atoms with Gasteiger partial charge in [-0.25, -0.2) is 0 Å². The third-order valence-electron chi connectivity index (χ3n) is 10.6. The molecule has 12 atom stereocenters. The van der Waals surface area contributed by atoms with Crippen LogP contribution in [0.2, 0.25) is 10.0 Å². The van der Waals surface area contributed by atoms with Crippen molar-refractivity contribution in [3.63, 3.8) is 0 Å². The smallest absolute Gasteiger partial charge is 0.119 e. The number of hydrogen-bond acceptors (Lipinski definition) is 12. The molecular formula is C42H48Cl2O12. The minimum atomic E-state index is -1.60. The van der Waals surface area contributed by atoms with E-state index in [1.165, 1.54) is 0 Å². The van der Waals surface area contributed by atoms with Crippen LogP contribution >= 0.6 is 23.2 Å². The summed E-state index contributed by atoms with van der Waals surface area (Å²) in [6.07, 6.45) is -14.0. The standard InChI is InChI=1S/C42H48Cl2O12/c1-3-53-25-11-5-21(6-12-25)33(27-17-23(9-15-29(27)43)41-39(51)37(49)35(47)31(19-45)55-41)34(22-7-13-26(14-8-22)54-4-2)28-18-24(10-16-30(28)44)42-40(52)38(50)36(48)32(20-46)56-42/h5-18,31-42,45-52H,3-4,19-20H2,1-2H3/t31-,32-,33?,34?,35-,36-,37+,38+,39-,40-,41+,42+/m1/s1. The van der Waals surface area contributed by atoms with Crippen molar-refractivity contribution in [2.24, 2.45) is 0 Å². The van der Waals surface area contributed by atoms with Gasteiger partial charge in [-0.15, -0.1) is 0 Å². The Hall–Kier alpha value is -3.34. The maximum absolute atomic E-state index is 11.1. The molecule has 14 heteroatoms. The molecule has 2 fully saturated rings. The van der Waals surface area contributed by atoms with Crippen molar-refractivity contribution in [3.05, 3.63) is 128 Å². The Morgan fingerprint density at radius 3 is 1.20 bits per heavy atom. The van der Waals surface area contributed by atoms with Crippen LogP contribution in [0.4, 0.5) is 0 Å². The van der Waals surface area contributed by atoms with Gasteiger partial charge in [-0.2, -0.15) is 0 Å². The van der Waals surface area contributed by atoms with E-state index in [0.717, 1.165) is 11.1 Å². The molecule has 6 rings (SSSR count). The summed E-state index contributed by atoms with van der Waals surface area (Å²) >= 11 is 14.3. The third-order valence-corrected chi connectivity index (χ3v) is 11.3. The predicted octanol–water partition coefficient (Wildman–Crippen LogP) is 3.78. The van der Waals surface area contributed by atoms with Crippen molar-refractivity contribution in [1.29, 1.82) is 0 Å². The molecule has 4 aromatic rings. The molecule has 2 heterocycles. The highest BCUT2D eigenvalue weighted by Gasteiger charge is 2.46. The number of benzene rings is 4. The van der Waals surface area contributed by atoms with Crippen LogP contribution in [0.5, 0.6) is 11.5 Å². The van der Waals surface area contributed by atoms with E-state index < -0.39 is 86.1 Å². The molecule has 302 valence electrons. The SMILES string of the molecule is CCOc1ccc(C(c2cc([C@@H]3O[C@H](CO)[C@@H](O)[C@H](O)[C@H]3O)ccc2Cl)C(c2ccc(OCC)cc2)c2cc([C@@H]3O[C@H](CO)[C@@H](O)[C@H](O)[C@H]3O)ccc2Cl)cc1. The van der Waals surface area contributed by atoms with E-state index in [1.54, 1.807) is 36.4 Å². The molecule has 4 aromatic carbocycles. The average Bonchev–Trinajstić information content (AvgIpc) is 3.20. The quantitative estimate of drug-likeness (QED) is 0.0974. The van der Waals surface area contributed by atoms with Gasteiger partial charge in [0, 0.05) is 21.9 Å². The van der Waals surface area contributed by atoms with Crippen molar-refractivity contribution < 1.29 is 59.8 Å². The average molecular weight is 816 g/mol. The van der Waals surface area contributed by atoms with Gasteiger partial charge in [0.25, 0.3) is 0 Å². The number of rotatable bonds is 13. The Kier molecular flexibility index (Phi) is 14.0. The third kappa shape index (κ3) is 8.58. The van der Waals surface area contributed by atoms with Gasteiger partial charge in [0.15, 0.2) is 0 Å². The summed E-state index contributed by atoms with van der Waals surface area (Å²) in [4.78, 5) is 0. The second-order valence-electron chi connectivity index (χ2n) is 14.0. The summed E-state index contributed by atoms with van der Waals surface area (Å²) in [5, 5.41) is 85.1. The second-order valence-corrected chi connectivity index (χ2v) is 14.8. The fourth-order valence-electron chi connectivity index (χ4n) is 7.69. The second kappa shape index (κ2) is 18.5. The van der Waals surface area contributed by atoms with E-state index in [-0.39, 0.29) is 0 Å². The molecule has 2 unspecified atom stereocenters. The lowest BCUT2D eigenvalue weighted by molar-refractivity contribution is -0.231. The summed E-state index contributed by atoms with van der Waals surface area (Å²) in [5.74, 6) is -0.0279. The Morgan fingerprint density at radius 1 is 0.518 bits per heavy atom. The van der Waals surface area contributed by atoms with Gasteiger partial charge in [-0.3, -0.25) is 0 Å². The molecule has 0 bridgehead atoms. The van der Waals surface area contributed by atoms with Gasteiger partial charge < -0.3 is 59.8 Å². The highest BCUT2D eigenvalue weighted by Crippen LogP contribution is 2.49. The number of aliphatic hydroxyl groups excluding tert-OH is 8. The van der Waals surface area contributed by atoms with Crippen molar-refractivity contribution in [3.8, 4) is 11.5 Å². The zero-order valence-corrected chi connectivity index (χ0v) is 32.3. The molecule has 0 aliphatic carbocycles. The van der Waals surface area contributed by atoms with Gasteiger partial charge in [0.2, 0.25) is 0 Å². The fraction of sp³-hybridized carbons (Fsp3) is 0.429. The molecule has 12 nitrogen and oxygen atoms in total. The first kappa shape index (κ1) is 42.3. The molecule has 56 heavy (non-hydrogen) atoms. The van der Waals surface area contributed by atoms with Crippen LogP contribution in [0, 0.1) is 0 Å². The van der Waals surface area contributed by atoms with Crippen LogP contribution in [-0.4, -0.2) is 116 Å². The number of aliphatic hydroxyl groups is 8. The number of ether oxygens (including phenoxy) is 4. The van der Waals surface area contributed by atoms with Crippen molar-refractivity contribution in [1.82, 2.24) is 0 Å². The van der Waals surface area contributed by atoms with Gasteiger partial charge in [-0.05, 0) is 83.6 Å². The largest absolute Gasteiger partial charge is 0.494 e. The highest BCUT2D eigenvalue weighted by atomic mass is 35.5. The van der Waals surface area contributed by atoms with Gasteiger partial charge >= 0.3 is 0 Å². The summed E-state index contributed by atoms with van der Waals surface area (Å²) in [7, 11) is 0. The zero-order valence-electron chi connectivity index (χ0n) is 30.8. The normalized spacial score (nSPS) is 29.1. The summed E-state index contributed by atoms with van der Waals surface area (Å²) in [5.41, 5.74) is 3.52. The molecule has 0 radical (unpaired) electrons. The molecule has 2 saturated heterocycles. The van der Waals surface area contributed by atoms with E-state index in [0.29, 0.717) is 57.0 Å². The molecular weight excluding hydrogens is 767 g/mol. The van der Waals surface area contributed by atoms with Crippen LogP contribution in [0.1, 0.15) is 71.3 Å². The van der Waals surface area contributed by atoms with Crippen LogP contribution in [0.25, 0.3) is 0 Å². The highest BCUT2D eigenvalue weighted by molar-refractivity contribution is 6.32. The van der Waals surface area contributed by atoms with Gasteiger partial charge in [-0.1, -0.05) is 71.7 Å². The van der Waals surface area contributed by atoms with E-state index in [9.17, 15) is 40.9 Å². The maximum Gasteiger partial charge on any atom is 0.119 e. The first-order valence-corrected chi connectivity index (χ1v) is 19.3. The number of hydrogen-bond donors (Lipinski definition) is 8. The van der Waals surface area contributed by atoms with Crippen molar-refractivity contribution in [2.45, 2.75) is 86.7 Å². The predicted molar refractivity (Wildman–Crippen MR) is 207 cm³/mol. The van der Waals surface area contributed by atoms with E-state index in [4.69, 9.17) is 42.1 Å². The summed E-state index contributed by atoms with van der Waals surface area (Å²) in [6, 6.07) is 25.1. The minimum absolute atomic E-state index is 0.342. The minimum Gasteiger partial charge on any atom is -0.494 e. The zero-order chi connectivity index (χ0) is 40.3. The molecule has 0 spiro atoms. The Labute approximate surface area is 335 Å². The van der Waals surface area contributed by atoms with Gasteiger partial charge in [0.1, 0.15) is 72.5 Å². The van der Waals surface area contributed by atoms with E-state index in [1.807, 2.05) is 62.4 Å². The Balaban J connectivity index is 1.57. The van der Waals surface area contributed by atoms with E-state index in [2.05, 4.69) is 0 Å². The summed E-state index contributed by atoms with van der Waals surface area (Å²) < 4.78 is 23.4. The molecule has 2 aliphatic rings. The first-order chi connectivity index (χ1) is 26.9. The molecule has 0 aromatic heterocycles. The first-order valence-electron chi connectivity index (χ1n) is 18.6. The molecule has 0 saturated carbocycles. The lowest BCUT2D eigenvalue weighted by Crippen LogP contribution is -2.55. The topological polar surface area (TPSA) is 199 Å². The summed E-state index contributed by atoms with van der Waals surface area (Å²) in [6.45, 7) is 3.47. The Bertz CT molecular complexity index is 1760. The van der Waals surface area contributed by atoms with Crippen LogP contribution in [-0.2, 0) is 9.47 Å². The Morgan fingerprint density at radius 2 is 0.875 bits per heavy atom. The molecule has 2 aliphatic heterocycles. The van der Waals surface area contributed by atoms with Gasteiger partial charge in [0.05, 0.1) is 26.4 Å². The van der Waals surface area contributed by atoms with Crippen LogP contribution in [0.15, 0.2) is 84.9 Å². The van der Waals surface area contributed by atoms with Crippen molar-refractivity contribution in [2.75, 3.05) is 26.4 Å². The monoisotopic (exact) mass is 814 g/mol. The molecule has 0 amide bonds. The fourth-order valence-corrected chi connectivity index (χ4v) is 8.16. The maximum atomic E-state index is 11.1. The van der Waals surface area contributed by atoms with Crippen molar-refractivity contribution >= 4 is 23.2 Å². The lowest BCUT2D eigenvalue weighted by atomic mass is 9.72. The molecule has 8 N–H and O–H groups in total. The van der Waals surface area contributed by atoms with Crippen LogP contribution < -0.4 is 9.47 Å². The van der Waals surface area contributed by atoms with E-state index >= 15 is 0 Å². The number of halogens is 2. The van der Waals surface area contributed by atoms with Crippen LogP contribution in [0.3, 0.4) is 0 Å². The lowest BCUT2D eigenvalue weighted by Gasteiger charge is -2.41.